The number of imide groups is 1. The minimum absolute atomic E-state index is 0.0325. The number of nitrogens with one attached hydrogen (secondary N) is 2. The average Bonchev–Trinajstić information content (AvgIpc) is 3.51. The largest absolute Gasteiger partial charge is 0.488 e. The highest BCUT2D eigenvalue weighted by Gasteiger charge is 2.69. The molecule has 0 spiro atoms. The first-order valence-electron chi connectivity index (χ1n) is 21.3. The number of fused-ring (bicyclic) bond motifs is 3. The van der Waals surface area contributed by atoms with Crippen molar-refractivity contribution in [1.82, 2.24) is 35.6 Å². The number of aromatic nitrogens is 3. The molecule has 320 valence electrons. The zero-order valence-electron chi connectivity index (χ0n) is 34.7. The van der Waals surface area contributed by atoms with Crippen LogP contribution in [0.3, 0.4) is 0 Å². The third kappa shape index (κ3) is 6.17. The number of carbonyl (C=O) groups excluding carboxylic acids is 4. The Balaban J connectivity index is 0.725. The molecule has 3 saturated heterocycles. The number of hydrogen-bond donors (Lipinski definition) is 3. The molecule has 2 aromatic carbocycles. The SMILES string of the molecule is CC1(C)[C@H](NC(=O)c2ccc(N3CCC(CN4CCN(c5cc6c(cc5F)C(=O)N(C5CCC(=O)NC5O)C6=O)CC4)CC3)nn2)C2(C)c3ccnc4c(C#N)ccc(c34)O[C@@H]12. The van der Waals surface area contributed by atoms with Gasteiger partial charge < -0.3 is 30.3 Å². The summed E-state index contributed by atoms with van der Waals surface area (Å²) < 4.78 is 22.1. The van der Waals surface area contributed by atoms with E-state index in [-0.39, 0.29) is 59.3 Å². The summed E-state index contributed by atoms with van der Waals surface area (Å²) in [4.78, 5) is 63.9. The summed E-state index contributed by atoms with van der Waals surface area (Å²) in [6.45, 7) is 11.3. The minimum atomic E-state index is -1.38. The third-order valence-corrected chi connectivity index (χ3v) is 14.3. The average molecular weight is 843 g/mol. The van der Waals surface area contributed by atoms with E-state index in [0.29, 0.717) is 48.9 Å². The Morgan fingerprint density at radius 2 is 1.71 bits per heavy atom. The van der Waals surface area contributed by atoms with E-state index in [1.807, 2.05) is 23.1 Å². The first kappa shape index (κ1) is 39.9. The van der Waals surface area contributed by atoms with E-state index >= 15 is 4.39 Å². The second kappa shape index (κ2) is 14.7. The maximum atomic E-state index is 15.5. The molecule has 6 aliphatic rings. The van der Waals surface area contributed by atoms with E-state index < -0.39 is 40.7 Å². The van der Waals surface area contributed by atoms with Crippen molar-refractivity contribution >= 4 is 46.0 Å². The molecule has 62 heavy (non-hydrogen) atoms. The van der Waals surface area contributed by atoms with Crippen molar-refractivity contribution in [3.8, 4) is 11.8 Å². The number of nitrogens with zero attached hydrogens (tertiary/aromatic N) is 8. The van der Waals surface area contributed by atoms with Crippen LogP contribution in [0.1, 0.15) is 88.8 Å². The van der Waals surface area contributed by atoms with Crippen molar-refractivity contribution < 1.29 is 33.4 Å². The summed E-state index contributed by atoms with van der Waals surface area (Å²) in [5.74, 6) is -0.641. The number of aliphatic hydroxyl groups excluding tert-OH is 1. The number of ether oxygens (including phenoxy) is 1. The van der Waals surface area contributed by atoms with Crippen LogP contribution in [0, 0.1) is 28.5 Å². The number of piperidine rings is 2. The van der Waals surface area contributed by atoms with Crippen molar-refractivity contribution in [3.63, 3.8) is 0 Å². The Kier molecular flexibility index (Phi) is 9.45. The zero-order chi connectivity index (χ0) is 43.2. The molecule has 0 radical (unpaired) electrons. The number of rotatable bonds is 7. The van der Waals surface area contributed by atoms with Gasteiger partial charge in [0.2, 0.25) is 5.91 Å². The van der Waals surface area contributed by atoms with Crippen LogP contribution in [0.2, 0.25) is 0 Å². The summed E-state index contributed by atoms with van der Waals surface area (Å²) in [7, 11) is 0. The molecule has 4 fully saturated rings. The van der Waals surface area contributed by atoms with Crippen LogP contribution in [-0.4, -0.2) is 124 Å². The molecule has 4 amide bonds. The number of carbonyl (C=O) groups is 4. The van der Waals surface area contributed by atoms with E-state index in [9.17, 15) is 29.5 Å². The molecule has 4 aromatic rings. The molecule has 5 atom stereocenters. The lowest BCUT2D eigenvalue weighted by Gasteiger charge is -2.66. The van der Waals surface area contributed by atoms with Crippen LogP contribution in [0.25, 0.3) is 10.9 Å². The predicted molar refractivity (Wildman–Crippen MR) is 223 cm³/mol. The van der Waals surface area contributed by atoms with Gasteiger partial charge in [-0.3, -0.25) is 34.0 Å². The van der Waals surface area contributed by atoms with Crippen molar-refractivity contribution in [1.29, 1.82) is 5.26 Å². The molecule has 10 rings (SSSR count). The van der Waals surface area contributed by atoms with Crippen LogP contribution < -0.4 is 25.2 Å². The molecule has 16 nitrogen and oxygen atoms in total. The lowest BCUT2D eigenvalue weighted by atomic mass is 9.45. The quantitative estimate of drug-likeness (QED) is 0.230. The van der Waals surface area contributed by atoms with Crippen molar-refractivity contribution in [2.45, 2.75) is 76.3 Å². The number of halogens is 1. The summed E-state index contributed by atoms with van der Waals surface area (Å²) >= 11 is 0. The summed E-state index contributed by atoms with van der Waals surface area (Å²) in [6.07, 6.45) is 2.24. The smallest absolute Gasteiger partial charge is 0.272 e. The normalized spacial score (nSPS) is 26.9. The molecule has 2 aromatic heterocycles. The Morgan fingerprint density at radius 3 is 2.40 bits per heavy atom. The number of benzene rings is 2. The second-order valence-corrected chi connectivity index (χ2v) is 18.3. The van der Waals surface area contributed by atoms with Crippen LogP contribution in [-0.2, 0) is 10.2 Å². The maximum absolute atomic E-state index is 15.5. The topological polar surface area (TPSA) is 197 Å². The molecular weight excluding hydrogens is 796 g/mol. The van der Waals surface area contributed by atoms with E-state index in [0.717, 1.165) is 60.2 Å². The number of hydrogen-bond acceptors (Lipinski definition) is 13. The van der Waals surface area contributed by atoms with Gasteiger partial charge in [0.1, 0.15) is 30.0 Å². The number of amides is 4. The van der Waals surface area contributed by atoms with Crippen molar-refractivity contribution in [2.75, 3.05) is 55.6 Å². The number of piperazine rings is 1. The Hall–Kier alpha value is -6.25. The fraction of sp³-hybridized carbons (Fsp3) is 0.467. The van der Waals surface area contributed by atoms with Gasteiger partial charge in [-0.2, -0.15) is 5.26 Å². The number of anilines is 2. The first-order chi connectivity index (χ1) is 29.8. The fourth-order valence-electron chi connectivity index (χ4n) is 11.2. The highest BCUT2D eigenvalue weighted by Crippen LogP contribution is 2.61. The molecule has 1 saturated carbocycles. The predicted octanol–water partition coefficient (Wildman–Crippen LogP) is 3.12. The van der Waals surface area contributed by atoms with Crippen LogP contribution in [0.15, 0.2) is 48.7 Å². The number of nitriles is 1. The number of aliphatic hydroxyl groups is 1. The lowest BCUT2D eigenvalue weighted by molar-refractivity contribution is -0.131. The van der Waals surface area contributed by atoms with Crippen LogP contribution in [0.5, 0.6) is 5.75 Å². The van der Waals surface area contributed by atoms with Crippen LogP contribution in [0.4, 0.5) is 15.9 Å². The molecular formula is C45H47FN10O6. The van der Waals surface area contributed by atoms with Gasteiger partial charge in [0.05, 0.1) is 45.4 Å². The third-order valence-electron chi connectivity index (χ3n) is 14.3. The standard InChI is InChI=1S/C45H47FN10O6/c1-44(2)42(45(3)28-10-13-48-37-25(22-47)4-7-33(36(28)37)62-43(44)45)50-38(58)30-5-8-34(52-51-30)55-14-11-24(12-15-55)23-53-16-18-54(19-17-53)32-21-27-26(20-29(32)46)40(60)56(41(27)61)31-6-9-35(57)49-39(31)59/h4-5,7-8,10,13,20-21,24,31,39,42-43,59H,6,9,11-12,14-19,23H2,1-3H3,(H,49,57)(H,50,58)/t31?,39?,42-,43-,45?/m0/s1. The van der Waals surface area contributed by atoms with Crippen LogP contribution >= 0.6 is 0 Å². The molecule has 0 bridgehead atoms. The highest BCUT2D eigenvalue weighted by molar-refractivity contribution is 6.22. The first-order valence-corrected chi connectivity index (χ1v) is 21.3. The highest BCUT2D eigenvalue weighted by atomic mass is 19.1. The van der Waals surface area contributed by atoms with Gasteiger partial charge in [0.15, 0.2) is 11.5 Å². The number of pyridine rings is 1. The Morgan fingerprint density at radius 1 is 0.968 bits per heavy atom. The van der Waals surface area contributed by atoms with E-state index in [4.69, 9.17) is 4.74 Å². The lowest BCUT2D eigenvalue weighted by Crippen LogP contribution is -2.78. The molecule has 3 N–H and O–H groups in total. The van der Waals surface area contributed by atoms with Gasteiger partial charge in [-0.15, -0.1) is 10.2 Å². The van der Waals surface area contributed by atoms with Gasteiger partial charge >= 0.3 is 0 Å². The summed E-state index contributed by atoms with van der Waals surface area (Å²) in [5.41, 5.74) is 1.67. The Bertz CT molecular complexity index is 2580. The van der Waals surface area contributed by atoms with E-state index in [2.05, 4.69) is 62.5 Å². The second-order valence-electron chi connectivity index (χ2n) is 18.3. The monoisotopic (exact) mass is 842 g/mol. The molecule has 3 unspecified atom stereocenters. The summed E-state index contributed by atoms with van der Waals surface area (Å²) in [5, 5.41) is 35.4. The van der Waals surface area contributed by atoms with Gasteiger partial charge in [0, 0.05) is 69.2 Å². The van der Waals surface area contributed by atoms with Gasteiger partial charge in [-0.05, 0) is 80.1 Å². The van der Waals surface area contributed by atoms with Crippen molar-refractivity contribution in [2.24, 2.45) is 11.3 Å². The van der Waals surface area contributed by atoms with E-state index in [1.165, 1.54) is 6.07 Å². The summed E-state index contributed by atoms with van der Waals surface area (Å²) in [6, 6.07) is 12.7. The van der Waals surface area contributed by atoms with E-state index in [1.54, 1.807) is 18.3 Å². The minimum Gasteiger partial charge on any atom is -0.488 e. The molecule has 5 aliphatic heterocycles. The van der Waals surface area contributed by atoms with Gasteiger partial charge in [-0.1, -0.05) is 13.8 Å². The zero-order valence-corrected chi connectivity index (χ0v) is 34.7. The van der Waals surface area contributed by atoms with Gasteiger partial charge in [0.25, 0.3) is 17.7 Å². The molecule has 1 aliphatic carbocycles. The molecule has 7 heterocycles. The maximum Gasteiger partial charge on any atom is 0.272 e. The van der Waals surface area contributed by atoms with Crippen molar-refractivity contribution in [3.05, 3.63) is 82.4 Å². The molecule has 17 heteroatoms. The fourth-order valence-corrected chi connectivity index (χ4v) is 11.2. The Labute approximate surface area is 357 Å². The van der Waals surface area contributed by atoms with Gasteiger partial charge in [-0.25, -0.2) is 4.39 Å².